The summed E-state index contributed by atoms with van der Waals surface area (Å²) in [5.41, 5.74) is 4.41. The zero-order chi connectivity index (χ0) is 18.7. The summed E-state index contributed by atoms with van der Waals surface area (Å²) in [5.74, 6) is 1.02. The first kappa shape index (κ1) is 18.1. The summed E-state index contributed by atoms with van der Waals surface area (Å²) in [6.45, 7) is 7.80. The number of nitrogens with one attached hydrogen (secondary N) is 1. The van der Waals surface area contributed by atoms with Crippen LogP contribution in [0.15, 0.2) is 42.5 Å². The van der Waals surface area contributed by atoms with Crippen LogP contribution in [0.2, 0.25) is 0 Å². The van der Waals surface area contributed by atoms with Crippen LogP contribution in [-0.4, -0.2) is 21.4 Å². The number of hydrogen-bond acceptors (Lipinski definition) is 5. The lowest BCUT2D eigenvalue weighted by Gasteiger charge is -2.14. The molecule has 0 saturated carbocycles. The first-order valence-corrected chi connectivity index (χ1v) is 9.15. The van der Waals surface area contributed by atoms with Crippen LogP contribution in [-0.2, 0) is 4.79 Å². The number of anilines is 1. The van der Waals surface area contributed by atoms with E-state index < -0.39 is 6.10 Å². The number of aryl methyl sites for hydroxylation is 3. The number of hydrogen-bond donors (Lipinski definition) is 1. The SMILES string of the molecule is Cc1ccc(-c2nsc(NC(=O)[C@H](C)Oc3ccc(C)c(C)c3)n2)cc1. The van der Waals surface area contributed by atoms with Crippen molar-refractivity contribution in [3.05, 3.63) is 59.2 Å². The zero-order valence-electron chi connectivity index (χ0n) is 15.2. The molecule has 0 aliphatic carbocycles. The van der Waals surface area contributed by atoms with Gasteiger partial charge in [-0.1, -0.05) is 35.9 Å². The molecule has 0 bridgehead atoms. The Morgan fingerprint density at radius 2 is 1.81 bits per heavy atom. The normalized spacial score (nSPS) is 11.8. The van der Waals surface area contributed by atoms with Crippen LogP contribution in [0.4, 0.5) is 5.13 Å². The molecule has 1 atom stereocenters. The van der Waals surface area contributed by atoms with E-state index in [0.29, 0.717) is 16.7 Å². The number of carbonyl (C=O) groups is 1. The number of nitrogens with zero attached hydrogens (tertiary/aromatic N) is 2. The van der Waals surface area contributed by atoms with Crippen molar-refractivity contribution in [3.63, 3.8) is 0 Å². The molecule has 1 heterocycles. The molecule has 1 N–H and O–H groups in total. The van der Waals surface area contributed by atoms with E-state index in [2.05, 4.69) is 14.7 Å². The Hall–Kier alpha value is -2.73. The minimum Gasteiger partial charge on any atom is -0.481 e. The Kier molecular flexibility index (Phi) is 5.32. The molecule has 1 amide bonds. The number of amides is 1. The van der Waals surface area contributed by atoms with E-state index in [-0.39, 0.29) is 5.91 Å². The van der Waals surface area contributed by atoms with E-state index in [1.165, 1.54) is 11.1 Å². The number of ether oxygens (including phenoxy) is 1. The van der Waals surface area contributed by atoms with E-state index in [1.807, 2.05) is 63.2 Å². The molecule has 1 aromatic heterocycles. The maximum Gasteiger partial charge on any atom is 0.266 e. The Morgan fingerprint density at radius 1 is 1.08 bits per heavy atom. The van der Waals surface area contributed by atoms with E-state index >= 15 is 0 Å². The highest BCUT2D eigenvalue weighted by Gasteiger charge is 2.17. The van der Waals surface area contributed by atoms with Crippen LogP contribution in [0.3, 0.4) is 0 Å². The van der Waals surface area contributed by atoms with Crippen LogP contribution in [0.25, 0.3) is 11.4 Å². The minimum absolute atomic E-state index is 0.255. The van der Waals surface area contributed by atoms with Crippen molar-refractivity contribution in [3.8, 4) is 17.1 Å². The van der Waals surface area contributed by atoms with Crippen LogP contribution in [0.1, 0.15) is 23.6 Å². The summed E-state index contributed by atoms with van der Waals surface area (Å²) in [5, 5.41) is 3.23. The van der Waals surface area contributed by atoms with Crippen molar-refractivity contribution in [2.24, 2.45) is 0 Å². The van der Waals surface area contributed by atoms with Gasteiger partial charge in [0.1, 0.15) is 5.75 Å². The van der Waals surface area contributed by atoms with Gasteiger partial charge in [0.2, 0.25) is 5.13 Å². The molecule has 2 aromatic carbocycles. The third kappa shape index (κ3) is 4.26. The molecule has 3 aromatic rings. The highest BCUT2D eigenvalue weighted by atomic mass is 32.1. The van der Waals surface area contributed by atoms with Gasteiger partial charge in [-0.2, -0.15) is 9.36 Å². The van der Waals surface area contributed by atoms with Gasteiger partial charge in [-0.3, -0.25) is 10.1 Å². The fourth-order valence-corrected chi connectivity index (χ4v) is 2.94. The van der Waals surface area contributed by atoms with Gasteiger partial charge in [0.25, 0.3) is 5.91 Å². The highest BCUT2D eigenvalue weighted by molar-refractivity contribution is 7.10. The summed E-state index contributed by atoms with van der Waals surface area (Å²) in [4.78, 5) is 16.7. The Bertz CT molecular complexity index is 919. The second-order valence-electron chi connectivity index (χ2n) is 6.28. The summed E-state index contributed by atoms with van der Waals surface area (Å²) >= 11 is 1.16. The molecule has 6 heteroatoms. The van der Waals surface area contributed by atoms with E-state index in [0.717, 1.165) is 22.7 Å². The first-order valence-electron chi connectivity index (χ1n) is 8.38. The van der Waals surface area contributed by atoms with Gasteiger partial charge in [0, 0.05) is 17.1 Å². The van der Waals surface area contributed by atoms with Crippen LogP contribution < -0.4 is 10.1 Å². The molecule has 134 valence electrons. The predicted molar refractivity (Wildman–Crippen MR) is 105 cm³/mol. The smallest absolute Gasteiger partial charge is 0.266 e. The third-order valence-electron chi connectivity index (χ3n) is 4.13. The van der Waals surface area contributed by atoms with Crippen molar-refractivity contribution < 1.29 is 9.53 Å². The van der Waals surface area contributed by atoms with Crippen molar-refractivity contribution in [2.75, 3.05) is 5.32 Å². The second kappa shape index (κ2) is 7.66. The van der Waals surface area contributed by atoms with Crippen LogP contribution >= 0.6 is 11.5 Å². The standard InChI is InChI=1S/C20H21N3O2S/c1-12-5-8-16(9-6-12)18-21-20(26-23-18)22-19(24)15(4)25-17-10-7-13(2)14(3)11-17/h5-11,15H,1-4H3,(H,21,22,23,24)/t15-/m0/s1. The van der Waals surface area contributed by atoms with Gasteiger partial charge < -0.3 is 4.74 Å². The van der Waals surface area contributed by atoms with Crippen molar-refractivity contribution in [1.82, 2.24) is 9.36 Å². The molecule has 0 spiro atoms. The first-order chi connectivity index (χ1) is 12.4. The van der Waals surface area contributed by atoms with Gasteiger partial charge in [-0.25, -0.2) is 0 Å². The van der Waals surface area contributed by atoms with E-state index in [1.54, 1.807) is 6.92 Å². The topological polar surface area (TPSA) is 64.1 Å². The fourth-order valence-electron chi connectivity index (χ4n) is 2.35. The van der Waals surface area contributed by atoms with E-state index in [4.69, 9.17) is 4.74 Å². The molecule has 0 unspecified atom stereocenters. The highest BCUT2D eigenvalue weighted by Crippen LogP contribution is 2.22. The minimum atomic E-state index is -0.635. The number of carbonyl (C=O) groups excluding carboxylic acids is 1. The second-order valence-corrected chi connectivity index (χ2v) is 7.04. The Labute approximate surface area is 157 Å². The average Bonchev–Trinajstić information content (AvgIpc) is 3.07. The lowest BCUT2D eigenvalue weighted by Crippen LogP contribution is -2.30. The summed E-state index contributed by atoms with van der Waals surface area (Å²) in [6, 6.07) is 13.7. The summed E-state index contributed by atoms with van der Waals surface area (Å²) in [7, 11) is 0. The largest absolute Gasteiger partial charge is 0.481 e. The van der Waals surface area contributed by atoms with Gasteiger partial charge in [-0.15, -0.1) is 0 Å². The third-order valence-corrected chi connectivity index (χ3v) is 4.76. The molecule has 5 nitrogen and oxygen atoms in total. The van der Waals surface area contributed by atoms with Crippen molar-refractivity contribution in [1.29, 1.82) is 0 Å². The maximum absolute atomic E-state index is 12.4. The molecular weight excluding hydrogens is 346 g/mol. The molecule has 0 aliphatic heterocycles. The maximum atomic E-state index is 12.4. The zero-order valence-corrected chi connectivity index (χ0v) is 16.1. The van der Waals surface area contributed by atoms with Gasteiger partial charge in [0.15, 0.2) is 11.9 Å². The Balaban J connectivity index is 1.64. The van der Waals surface area contributed by atoms with Gasteiger partial charge in [0.05, 0.1) is 0 Å². The summed E-state index contributed by atoms with van der Waals surface area (Å²) in [6.07, 6.45) is -0.635. The Morgan fingerprint density at radius 3 is 2.50 bits per heavy atom. The van der Waals surface area contributed by atoms with Gasteiger partial charge in [-0.05, 0) is 51.0 Å². The lowest BCUT2D eigenvalue weighted by atomic mass is 10.1. The van der Waals surface area contributed by atoms with Crippen molar-refractivity contribution in [2.45, 2.75) is 33.8 Å². The molecular formula is C20H21N3O2S. The van der Waals surface area contributed by atoms with E-state index in [9.17, 15) is 4.79 Å². The number of aromatic nitrogens is 2. The average molecular weight is 367 g/mol. The molecule has 0 fully saturated rings. The summed E-state index contributed by atoms with van der Waals surface area (Å²) < 4.78 is 10.0. The monoisotopic (exact) mass is 367 g/mol. The number of benzene rings is 2. The van der Waals surface area contributed by atoms with Crippen LogP contribution in [0, 0.1) is 20.8 Å². The fraction of sp³-hybridized carbons (Fsp3) is 0.250. The molecule has 3 rings (SSSR count). The quantitative estimate of drug-likeness (QED) is 0.719. The van der Waals surface area contributed by atoms with Crippen molar-refractivity contribution >= 4 is 22.6 Å². The number of rotatable bonds is 5. The lowest BCUT2D eigenvalue weighted by molar-refractivity contribution is -0.122. The van der Waals surface area contributed by atoms with Crippen LogP contribution in [0.5, 0.6) is 5.75 Å². The predicted octanol–water partition coefficient (Wildman–Crippen LogP) is 4.54. The molecule has 0 radical (unpaired) electrons. The van der Waals surface area contributed by atoms with Gasteiger partial charge >= 0.3 is 0 Å². The molecule has 0 aliphatic rings. The molecule has 26 heavy (non-hydrogen) atoms. The molecule has 0 saturated heterocycles.